The number of pyridine rings is 1. The molecule has 1 aromatic heterocycles. The Bertz CT molecular complexity index is 630. The number of hydrogen-bond acceptors (Lipinski definition) is 6. The van der Waals surface area contributed by atoms with Crippen molar-refractivity contribution < 1.29 is 14.1 Å². The van der Waals surface area contributed by atoms with Crippen molar-refractivity contribution in [2.24, 2.45) is 5.84 Å². The number of carbonyl (C=O) groups excluding carboxylic acids is 1. The van der Waals surface area contributed by atoms with E-state index in [4.69, 9.17) is 15.2 Å². The summed E-state index contributed by atoms with van der Waals surface area (Å²) in [4.78, 5) is 15.7. The van der Waals surface area contributed by atoms with E-state index >= 15 is 0 Å². The van der Waals surface area contributed by atoms with Gasteiger partial charge in [-0.1, -0.05) is 6.07 Å². The Morgan fingerprint density at radius 3 is 2.46 bits per heavy atom. The lowest BCUT2D eigenvalue weighted by atomic mass is 9.77. The maximum atomic E-state index is 11.3. The highest BCUT2D eigenvalue weighted by molar-refractivity contribution is 6.56. The van der Waals surface area contributed by atoms with Gasteiger partial charge in [-0.3, -0.25) is 4.79 Å². The Morgan fingerprint density at radius 2 is 1.92 bits per heavy atom. The van der Waals surface area contributed by atoms with Crippen molar-refractivity contribution in [2.45, 2.75) is 45.8 Å². The van der Waals surface area contributed by atoms with Crippen LogP contribution in [0.25, 0.3) is 6.08 Å². The van der Waals surface area contributed by atoms with E-state index in [1.807, 2.05) is 45.9 Å². The van der Waals surface area contributed by atoms with Gasteiger partial charge < -0.3 is 20.1 Å². The summed E-state index contributed by atoms with van der Waals surface area (Å²) in [5.41, 5.74) is 3.08. The first-order valence-electron chi connectivity index (χ1n) is 7.89. The van der Waals surface area contributed by atoms with E-state index in [9.17, 15) is 4.79 Å². The zero-order valence-electron chi connectivity index (χ0n) is 14.8. The van der Waals surface area contributed by atoms with Crippen LogP contribution in [0.5, 0.6) is 0 Å². The third-order valence-corrected chi connectivity index (χ3v) is 4.35. The highest BCUT2D eigenvalue weighted by Gasteiger charge is 2.52. The molecule has 1 saturated heterocycles. The monoisotopic (exact) mass is 332 g/mol. The first kappa shape index (κ1) is 18.4. The van der Waals surface area contributed by atoms with Gasteiger partial charge in [0.15, 0.2) is 0 Å². The van der Waals surface area contributed by atoms with Crippen LogP contribution in [-0.2, 0) is 14.1 Å². The van der Waals surface area contributed by atoms with Gasteiger partial charge >= 0.3 is 7.12 Å². The zero-order chi connectivity index (χ0) is 18.0. The maximum absolute atomic E-state index is 11.3. The lowest BCUT2D eigenvalue weighted by molar-refractivity contribution is -0.118. The standard InChI is InChI=1S/C16H25BN4O3/c1-11(22)19-10-12(9-13-7-6-8-14(20-13)21-18)17-23-15(2,3)16(4,5)24-17/h6-9H,10,18H2,1-5H3,(H,19,22)(H,20,21). The van der Waals surface area contributed by atoms with Crippen LogP contribution < -0.4 is 16.6 Å². The molecular formula is C16H25BN4O3. The van der Waals surface area contributed by atoms with Crippen LogP contribution in [0.3, 0.4) is 0 Å². The second-order valence-corrected chi connectivity index (χ2v) is 6.81. The summed E-state index contributed by atoms with van der Waals surface area (Å²) in [5, 5.41) is 2.79. The van der Waals surface area contributed by atoms with Crippen LogP contribution in [0.4, 0.5) is 5.82 Å². The maximum Gasteiger partial charge on any atom is 0.492 e. The number of rotatable bonds is 5. The van der Waals surface area contributed by atoms with E-state index in [2.05, 4.69) is 15.7 Å². The summed E-state index contributed by atoms with van der Waals surface area (Å²) in [6, 6.07) is 5.45. The second-order valence-electron chi connectivity index (χ2n) is 6.81. The Balaban J connectivity index is 2.31. The van der Waals surface area contributed by atoms with Gasteiger partial charge in [0.1, 0.15) is 5.82 Å². The van der Waals surface area contributed by atoms with Gasteiger partial charge in [-0.25, -0.2) is 10.8 Å². The van der Waals surface area contributed by atoms with Gasteiger partial charge in [0.25, 0.3) is 0 Å². The van der Waals surface area contributed by atoms with Gasteiger partial charge in [0.05, 0.1) is 16.9 Å². The van der Waals surface area contributed by atoms with E-state index in [1.54, 1.807) is 6.07 Å². The molecule has 2 rings (SSSR count). The van der Waals surface area contributed by atoms with Crippen LogP contribution in [0.2, 0.25) is 0 Å². The van der Waals surface area contributed by atoms with Crippen molar-refractivity contribution in [3.63, 3.8) is 0 Å². The third kappa shape index (κ3) is 4.14. The number of nitrogens with zero attached hydrogens (tertiary/aromatic N) is 1. The molecule has 0 aromatic carbocycles. The number of carbonyl (C=O) groups is 1. The van der Waals surface area contributed by atoms with Crippen molar-refractivity contribution in [2.75, 3.05) is 12.0 Å². The molecule has 0 atom stereocenters. The summed E-state index contributed by atoms with van der Waals surface area (Å²) in [7, 11) is -0.557. The Hall–Kier alpha value is -1.90. The number of nitrogens with two attached hydrogens (primary N) is 1. The molecule has 0 aliphatic carbocycles. The van der Waals surface area contributed by atoms with Crippen LogP contribution in [0, 0.1) is 0 Å². The van der Waals surface area contributed by atoms with Crippen LogP contribution in [-0.4, -0.2) is 35.8 Å². The van der Waals surface area contributed by atoms with E-state index in [0.29, 0.717) is 18.1 Å². The number of nitrogens with one attached hydrogen (secondary N) is 2. The molecule has 0 unspecified atom stereocenters. The lowest BCUT2D eigenvalue weighted by Crippen LogP contribution is -2.41. The minimum atomic E-state index is -0.557. The lowest BCUT2D eigenvalue weighted by Gasteiger charge is -2.32. The predicted molar refractivity (Wildman–Crippen MR) is 94.8 cm³/mol. The first-order chi connectivity index (χ1) is 11.1. The molecule has 1 aromatic rings. The average Bonchev–Trinajstić information content (AvgIpc) is 2.71. The topological polar surface area (TPSA) is 98.5 Å². The number of hydrogen-bond donors (Lipinski definition) is 3. The van der Waals surface area contributed by atoms with Crippen molar-refractivity contribution in [3.8, 4) is 0 Å². The number of aromatic nitrogens is 1. The molecule has 0 spiro atoms. The van der Waals surface area contributed by atoms with Crippen molar-refractivity contribution in [3.05, 3.63) is 29.4 Å². The predicted octanol–water partition coefficient (Wildman–Crippen LogP) is 1.52. The third-order valence-electron chi connectivity index (χ3n) is 4.35. The van der Waals surface area contributed by atoms with Crippen molar-refractivity contribution in [1.82, 2.24) is 10.3 Å². The van der Waals surface area contributed by atoms with E-state index in [-0.39, 0.29) is 5.91 Å². The fraction of sp³-hybridized carbons (Fsp3) is 0.500. The van der Waals surface area contributed by atoms with Crippen LogP contribution >= 0.6 is 0 Å². The van der Waals surface area contributed by atoms with Crippen molar-refractivity contribution >= 4 is 24.9 Å². The molecule has 1 aliphatic rings. The van der Waals surface area contributed by atoms with Gasteiger partial charge in [0.2, 0.25) is 5.91 Å². The quantitative estimate of drug-likeness (QED) is 0.430. The summed E-state index contributed by atoms with van der Waals surface area (Å²) in [6.07, 6.45) is 1.85. The number of hydrazine groups is 1. The molecule has 0 radical (unpaired) electrons. The minimum Gasteiger partial charge on any atom is -0.400 e. The molecule has 2 heterocycles. The Kier molecular flexibility index (Phi) is 5.32. The molecule has 1 fully saturated rings. The van der Waals surface area contributed by atoms with Gasteiger partial charge in [-0.05, 0) is 51.4 Å². The average molecular weight is 332 g/mol. The summed E-state index contributed by atoms with van der Waals surface area (Å²) in [6.45, 7) is 9.73. The molecule has 0 bridgehead atoms. The molecular weight excluding hydrogens is 307 g/mol. The molecule has 1 amide bonds. The van der Waals surface area contributed by atoms with Gasteiger partial charge in [-0.2, -0.15) is 0 Å². The first-order valence-corrected chi connectivity index (χ1v) is 7.89. The highest BCUT2D eigenvalue weighted by Crippen LogP contribution is 2.38. The zero-order valence-corrected chi connectivity index (χ0v) is 14.8. The normalized spacial score (nSPS) is 19.2. The fourth-order valence-corrected chi connectivity index (χ4v) is 2.23. The molecule has 7 nitrogen and oxygen atoms in total. The smallest absolute Gasteiger partial charge is 0.400 e. The summed E-state index contributed by atoms with van der Waals surface area (Å²) in [5.74, 6) is 5.83. The molecule has 24 heavy (non-hydrogen) atoms. The molecule has 4 N–H and O–H groups in total. The fourth-order valence-electron chi connectivity index (χ4n) is 2.23. The SMILES string of the molecule is CC(=O)NCC(=Cc1cccc(NN)n1)B1OC(C)(C)C(C)(C)O1. The summed E-state index contributed by atoms with van der Waals surface area (Å²) < 4.78 is 12.2. The number of amides is 1. The Labute approximate surface area is 143 Å². The minimum absolute atomic E-state index is 0.122. The van der Waals surface area contributed by atoms with Crippen LogP contribution in [0.15, 0.2) is 23.7 Å². The van der Waals surface area contributed by atoms with E-state index in [1.165, 1.54) is 6.92 Å². The van der Waals surface area contributed by atoms with Crippen LogP contribution in [0.1, 0.15) is 40.3 Å². The van der Waals surface area contributed by atoms with E-state index in [0.717, 1.165) is 5.47 Å². The van der Waals surface area contributed by atoms with Gasteiger partial charge in [-0.15, -0.1) is 0 Å². The summed E-state index contributed by atoms with van der Waals surface area (Å²) >= 11 is 0. The number of anilines is 1. The largest absolute Gasteiger partial charge is 0.492 e. The Morgan fingerprint density at radius 1 is 1.29 bits per heavy atom. The highest BCUT2D eigenvalue weighted by atomic mass is 16.7. The molecule has 1 aliphatic heterocycles. The number of nitrogen functional groups attached to an aromatic ring is 1. The van der Waals surface area contributed by atoms with Crippen molar-refractivity contribution in [1.29, 1.82) is 0 Å². The second kappa shape index (κ2) is 6.92. The molecule has 8 heteroatoms. The van der Waals surface area contributed by atoms with Gasteiger partial charge in [0, 0.05) is 13.5 Å². The van der Waals surface area contributed by atoms with E-state index < -0.39 is 18.3 Å². The molecule has 0 saturated carbocycles. The molecule has 130 valence electrons.